The third-order valence-corrected chi connectivity index (χ3v) is 77.5. The predicted octanol–water partition coefficient (Wildman–Crippen LogP) is 8.59. The standard InChI is InChI=1S/C29H23P2.C8H17N3.C5H5.Fe/c1-5-14-24(15-6-1)30(25-16-7-2-8-17-25)28-22-13-23-29(28)31(26-18-9-3-10-19-26)27-20-11-4-12-21-27;1-4-9-8-10-6-5-7-11(2)3;1-2-4-5-3-1;/h1-23H;4-7H2,1-3H3;1-5H;. The van der Waals surface area contributed by atoms with Gasteiger partial charge in [-0.2, -0.15) is 0 Å². The van der Waals surface area contributed by atoms with Crippen LogP contribution < -0.4 is 21.2 Å². The molecule has 4 unspecified atom stereocenters. The summed E-state index contributed by atoms with van der Waals surface area (Å²) < 4.78 is 1.48. The molecule has 0 bridgehead atoms. The van der Waals surface area contributed by atoms with Crippen molar-refractivity contribution in [2.45, 2.75) is 60.0 Å². The molecule has 4 atom stereocenters. The zero-order chi connectivity index (χ0) is 32.1. The van der Waals surface area contributed by atoms with Crippen molar-refractivity contribution >= 4 is 43.1 Å². The van der Waals surface area contributed by atoms with Crippen LogP contribution >= 0.6 is 15.8 Å². The first kappa shape index (κ1) is 27.3. The molecule has 48 heavy (non-hydrogen) atoms. The fourth-order valence-corrected chi connectivity index (χ4v) is 127. The molecule has 0 aromatic heterocycles. The first-order chi connectivity index (χ1) is 23.4. The molecule has 14 rings (SSSR count). The van der Waals surface area contributed by atoms with E-state index in [1.54, 1.807) is 21.2 Å². The molecule has 10 aliphatic heterocycles. The molecule has 246 valence electrons. The molecule has 10 aliphatic rings. The van der Waals surface area contributed by atoms with Crippen LogP contribution in [0.3, 0.4) is 0 Å². The monoisotopic (exact) mass is 709 g/mol. The molecule has 3 nitrogen and oxygen atoms in total. The minimum atomic E-state index is -3.82. The Morgan fingerprint density at radius 3 is 1.25 bits per heavy atom. The number of benzene rings is 4. The molecular formula is C42H45FeN3P2. The molecule has 1 spiro atoms. The SMILES string of the molecule is CCN=C=NCCCN(C)C.c1ccc(P(c2ccccc2)[C]23[CH]4[CH]5[CH]6[C]2(P(c2ccccc2)c2ccccc2)[Fe]54632789[CH]3[CH]2[CH]7[CH]8[CH]39)cc1. The molecule has 0 saturated carbocycles. The number of hydrogen-bond acceptors (Lipinski definition) is 3. The van der Waals surface area contributed by atoms with Gasteiger partial charge in [-0.1, -0.05) is 0 Å². The quantitative estimate of drug-likeness (QED) is 0.0664. The summed E-state index contributed by atoms with van der Waals surface area (Å²) in [6, 6.07) is 50.8. The number of hydrogen-bond donors (Lipinski definition) is 0. The Morgan fingerprint density at radius 2 is 0.958 bits per heavy atom. The predicted molar refractivity (Wildman–Crippen MR) is 202 cm³/mol. The average molecular weight is 710 g/mol. The van der Waals surface area contributed by atoms with Gasteiger partial charge in [0.2, 0.25) is 0 Å². The zero-order valence-electron chi connectivity index (χ0n) is 28.1. The summed E-state index contributed by atoms with van der Waals surface area (Å²) in [5.74, 6) is 0. The van der Waals surface area contributed by atoms with Crippen LogP contribution in [0.4, 0.5) is 0 Å². The van der Waals surface area contributed by atoms with Crippen LogP contribution in [0.15, 0.2) is 131 Å². The maximum absolute atomic E-state index is 3.99. The van der Waals surface area contributed by atoms with Gasteiger partial charge >= 0.3 is 212 Å². The van der Waals surface area contributed by atoms with E-state index >= 15 is 0 Å². The Labute approximate surface area is 278 Å². The van der Waals surface area contributed by atoms with Crippen molar-refractivity contribution in [2.75, 3.05) is 33.7 Å². The minimum absolute atomic E-state index is 0.314. The van der Waals surface area contributed by atoms with Crippen LogP contribution in [0.25, 0.3) is 0 Å². The van der Waals surface area contributed by atoms with Gasteiger partial charge in [-0.3, -0.25) is 0 Å². The van der Waals surface area contributed by atoms with Crippen molar-refractivity contribution in [1.82, 2.24) is 4.90 Å². The van der Waals surface area contributed by atoms with E-state index in [9.17, 15) is 0 Å². The number of aliphatic imine (C=N–C) groups is 2. The van der Waals surface area contributed by atoms with Crippen LogP contribution in [-0.4, -0.2) is 52.7 Å². The van der Waals surface area contributed by atoms with Gasteiger partial charge in [0.25, 0.3) is 0 Å². The van der Waals surface area contributed by atoms with Crippen molar-refractivity contribution in [2.24, 2.45) is 9.98 Å². The van der Waals surface area contributed by atoms with E-state index in [1.165, 1.54) is 38.5 Å². The summed E-state index contributed by atoms with van der Waals surface area (Å²) in [7, 11) is 3.49. The Hall–Kier alpha value is -2.40. The molecule has 0 radical (unpaired) electrons. The van der Waals surface area contributed by atoms with Gasteiger partial charge in [-0.15, -0.1) is 0 Å². The Bertz CT molecular complexity index is 2210. The van der Waals surface area contributed by atoms with E-state index in [4.69, 9.17) is 0 Å². The Balaban J connectivity index is 0.000000206. The van der Waals surface area contributed by atoms with E-state index < -0.39 is 6.51 Å². The second-order valence-corrected chi connectivity index (χ2v) is 47.1. The maximum atomic E-state index is 3.99. The summed E-state index contributed by atoms with van der Waals surface area (Å²) >= 11 is 0. The normalized spacial score (nSPS) is 50.8. The summed E-state index contributed by atoms with van der Waals surface area (Å²) in [5.41, 5.74) is 0. The molecule has 10 saturated heterocycles. The van der Waals surface area contributed by atoms with E-state index in [2.05, 4.69) is 156 Å². The van der Waals surface area contributed by atoms with Crippen molar-refractivity contribution in [3.63, 3.8) is 0 Å². The summed E-state index contributed by atoms with van der Waals surface area (Å²) in [6.07, 6.45) is 1.08. The summed E-state index contributed by atoms with van der Waals surface area (Å²) in [4.78, 5) is 20.2. The van der Waals surface area contributed by atoms with Crippen LogP contribution in [0, 0.1) is 0 Å². The molecule has 10 heterocycles. The molecule has 4 aromatic rings. The molecule has 0 N–H and O–H groups in total. The molecule has 10 fully saturated rings. The van der Waals surface area contributed by atoms with Crippen LogP contribution in [0.5, 0.6) is 0 Å². The van der Waals surface area contributed by atoms with Gasteiger partial charge in [0, 0.05) is 6.54 Å². The first-order valence-corrected chi connectivity index (χ1v) is 27.0. The van der Waals surface area contributed by atoms with E-state index in [0.29, 0.717) is 0 Å². The number of fused-ring (bicyclic) bond motifs is 10. The van der Waals surface area contributed by atoms with Gasteiger partial charge in [0.15, 0.2) is 0 Å². The van der Waals surface area contributed by atoms with Crippen molar-refractivity contribution in [1.29, 1.82) is 0 Å². The number of rotatable bonds is 11. The van der Waals surface area contributed by atoms with Crippen molar-refractivity contribution < 1.29 is 6.51 Å². The molecule has 0 amide bonds. The van der Waals surface area contributed by atoms with Gasteiger partial charge in [0.05, 0.1) is 12.6 Å². The van der Waals surface area contributed by atoms with Crippen molar-refractivity contribution in [3.05, 3.63) is 121 Å². The molecule has 4 aromatic carbocycles. The van der Waals surface area contributed by atoms with Crippen LogP contribution in [0.1, 0.15) is 13.3 Å². The topological polar surface area (TPSA) is 28.0 Å². The summed E-state index contributed by atoms with van der Waals surface area (Å²) in [5, 5.41) is 6.86. The van der Waals surface area contributed by atoms with E-state index in [0.717, 1.165) is 34.2 Å². The van der Waals surface area contributed by atoms with Gasteiger partial charge in [0.1, 0.15) is 0 Å². The van der Waals surface area contributed by atoms with Crippen LogP contribution in [-0.2, 0) is 6.51 Å². The molecule has 6 heteroatoms. The summed E-state index contributed by atoms with van der Waals surface area (Å²) in [6.45, 7) is 0.849. The second kappa shape index (κ2) is 5.29. The first-order valence-electron chi connectivity index (χ1n) is 18.1. The Morgan fingerprint density at radius 1 is 0.583 bits per heavy atom. The van der Waals surface area contributed by atoms with Crippen LogP contribution in [0.2, 0.25) is 38.5 Å². The van der Waals surface area contributed by atoms with E-state index in [-0.39, 0.29) is 15.8 Å². The third kappa shape index (κ3) is 0.924. The zero-order valence-corrected chi connectivity index (χ0v) is 31.0. The van der Waals surface area contributed by atoms with Gasteiger partial charge in [-0.25, -0.2) is 9.98 Å². The van der Waals surface area contributed by atoms with Gasteiger partial charge < -0.3 is 4.90 Å². The molecular weight excluding hydrogens is 664 g/mol. The fraction of sp³-hybridized carbons (Fsp3) is 0.405. The Kier molecular flexibility index (Phi) is 3.01. The number of nitrogens with zero attached hydrogens (tertiary/aromatic N) is 3. The average Bonchev–Trinajstić information content (AvgIpc) is 4.08. The molecule has 0 aliphatic carbocycles. The van der Waals surface area contributed by atoms with Crippen molar-refractivity contribution in [3.8, 4) is 0 Å². The van der Waals surface area contributed by atoms with Gasteiger partial charge in [-0.05, 0) is 34.0 Å². The van der Waals surface area contributed by atoms with E-state index in [1.807, 2.05) is 6.92 Å². The second-order valence-electron chi connectivity index (χ2n) is 18.3. The fourth-order valence-electron chi connectivity index (χ4n) is 21.6. The third-order valence-electron chi connectivity index (χ3n) is 20.6.